The summed E-state index contributed by atoms with van der Waals surface area (Å²) < 4.78 is 0. The van der Waals surface area contributed by atoms with Crippen molar-refractivity contribution in [2.45, 2.75) is 52.9 Å². The molecule has 2 aromatic rings. The van der Waals surface area contributed by atoms with Gasteiger partial charge in [0, 0.05) is 11.5 Å². The van der Waals surface area contributed by atoms with E-state index in [1.807, 2.05) is 19.1 Å². The van der Waals surface area contributed by atoms with E-state index in [-0.39, 0.29) is 5.92 Å². The highest BCUT2D eigenvalue weighted by molar-refractivity contribution is 6.03. The first kappa shape index (κ1) is 16.0. The highest BCUT2D eigenvalue weighted by Crippen LogP contribution is 2.37. The van der Waals surface area contributed by atoms with E-state index in [1.54, 1.807) is 0 Å². The van der Waals surface area contributed by atoms with Gasteiger partial charge >= 0.3 is 0 Å². The molecule has 0 amide bonds. The lowest BCUT2D eigenvalue weighted by Gasteiger charge is -2.16. The molecule has 0 radical (unpaired) electrons. The fraction of sp³-hybridized carbons (Fsp3) is 0.409. The van der Waals surface area contributed by atoms with E-state index >= 15 is 0 Å². The lowest BCUT2D eigenvalue weighted by Crippen LogP contribution is -2.02. The maximum atomic E-state index is 12.3. The zero-order valence-corrected chi connectivity index (χ0v) is 14.8. The average molecular weight is 306 g/mol. The molecule has 0 saturated carbocycles. The Morgan fingerprint density at radius 1 is 0.913 bits per heavy atom. The van der Waals surface area contributed by atoms with Crippen molar-refractivity contribution in [3.63, 3.8) is 0 Å². The molecule has 0 N–H and O–H groups in total. The number of hydrogen-bond donors (Lipinski definition) is 0. The van der Waals surface area contributed by atoms with Crippen LogP contribution in [-0.2, 0) is 6.42 Å². The van der Waals surface area contributed by atoms with Gasteiger partial charge in [-0.2, -0.15) is 0 Å². The first-order valence-corrected chi connectivity index (χ1v) is 8.69. The molecule has 1 atom stereocenters. The number of Topliss-reactive ketones (excluding diaryl/α,β-unsaturated/α-hetero) is 1. The summed E-state index contributed by atoms with van der Waals surface area (Å²) in [6, 6.07) is 13.1. The highest BCUT2D eigenvalue weighted by atomic mass is 16.1. The highest BCUT2D eigenvalue weighted by Gasteiger charge is 2.29. The molecular weight excluding hydrogens is 280 g/mol. The molecule has 0 spiro atoms. The van der Waals surface area contributed by atoms with Crippen LogP contribution in [0.1, 0.15) is 73.5 Å². The van der Waals surface area contributed by atoms with Crippen LogP contribution in [0, 0.1) is 5.92 Å². The predicted molar refractivity (Wildman–Crippen MR) is 97.3 cm³/mol. The number of hydrogen-bond acceptors (Lipinski definition) is 1. The summed E-state index contributed by atoms with van der Waals surface area (Å²) in [4.78, 5) is 12.3. The minimum absolute atomic E-state index is 0.115. The SMILES string of the molecule is CC1Cc2c(cccc2-c2cc(C(C)C)cc(C(C)C)c2)C1=O. The van der Waals surface area contributed by atoms with E-state index in [2.05, 4.69) is 52.0 Å². The molecule has 1 nitrogen and oxygen atoms in total. The molecule has 0 aliphatic heterocycles. The van der Waals surface area contributed by atoms with E-state index in [4.69, 9.17) is 0 Å². The van der Waals surface area contributed by atoms with E-state index in [1.165, 1.54) is 27.8 Å². The second-order valence-corrected chi connectivity index (χ2v) is 7.50. The van der Waals surface area contributed by atoms with Crippen LogP contribution in [0.4, 0.5) is 0 Å². The molecule has 0 bridgehead atoms. The number of carbonyl (C=O) groups excluding carboxylic acids is 1. The number of rotatable bonds is 3. The van der Waals surface area contributed by atoms with Crippen molar-refractivity contribution < 1.29 is 4.79 Å². The van der Waals surface area contributed by atoms with Gasteiger partial charge in [0.25, 0.3) is 0 Å². The summed E-state index contributed by atoms with van der Waals surface area (Å²) in [5, 5.41) is 0. The summed E-state index contributed by atoms with van der Waals surface area (Å²) in [5.74, 6) is 1.42. The Bertz CT molecular complexity index is 726. The van der Waals surface area contributed by atoms with Crippen LogP contribution in [0.2, 0.25) is 0 Å². The normalized spacial score (nSPS) is 17.2. The summed E-state index contributed by atoms with van der Waals surface area (Å²) in [5.41, 5.74) is 7.42. The van der Waals surface area contributed by atoms with Gasteiger partial charge in [-0.15, -0.1) is 0 Å². The van der Waals surface area contributed by atoms with Crippen LogP contribution in [0.15, 0.2) is 36.4 Å². The van der Waals surface area contributed by atoms with Gasteiger partial charge in [0.2, 0.25) is 0 Å². The molecule has 1 heteroatoms. The maximum Gasteiger partial charge on any atom is 0.166 e. The van der Waals surface area contributed by atoms with Gasteiger partial charge in [-0.05, 0) is 46.1 Å². The van der Waals surface area contributed by atoms with Crippen molar-refractivity contribution in [3.05, 3.63) is 58.7 Å². The largest absolute Gasteiger partial charge is 0.294 e. The summed E-state index contributed by atoms with van der Waals surface area (Å²) >= 11 is 0. The Kier molecular flexibility index (Phi) is 4.14. The van der Waals surface area contributed by atoms with Gasteiger partial charge in [0.05, 0.1) is 0 Å². The molecular formula is C22H26O. The summed E-state index contributed by atoms with van der Waals surface area (Å²) in [6.45, 7) is 11.0. The average Bonchev–Trinajstić information content (AvgIpc) is 2.82. The molecule has 120 valence electrons. The van der Waals surface area contributed by atoms with Crippen molar-refractivity contribution in [2.24, 2.45) is 5.92 Å². The van der Waals surface area contributed by atoms with Crippen molar-refractivity contribution in [3.8, 4) is 11.1 Å². The molecule has 3 rings (SSSR count). The predicted octanol–water partition coefficient (Wildman–Crippen LogP) is 5.98. The minimum Gasteiger partial charge on any atom is -0.294 e. The van der Waals surface area contributed by atoms with E-state index in [0.717, 1.165) is 12.0 Å². The zero-order chi connectivity index (χ0) is 16.7. The molecule has 0 fully saturated rings. The number of carbonyl (C=O) groups is 1. The third-order valence-electron chi connectivity index (χ3n) is 5.02. The van der Waals surface area contributed by atoms with Gasteiger partial charge in [-0.25, -0.2) is 0 Å². The quantitative estimate of drug-likeness (QED) is 0.682. The summed E-state index contributed by atoms with van der Waals surface area (Å²) in [6.07, 6.45) is 0.868. The third kappa shape index (κ3) is 2.85. The number of ketones is 1. The van der Waals surface area contributed by atoms with Crippen molar-refractivity contribution >= 4 is 5.78 Å². The second-order valence-electron chi connectivity index (χ2n) is 7.50. The third-order valence-corrected chi connectivity index (χ3v) is 5.02. The topological polar surface area (TPSA) is 17.1 Å². The second kappa shape index (κ2) is 5.96. The first-order chi connectivity index (χ1) is 10.9. The van der Waals surface area contributed by atoms with Gasteiger partial charge in [-0.3, -0.25) is 4.79 Å². The maximum absolute atomic E-state index is 12.3. The van der Waals surface area contributed by atoms with Crippen molar-refractivity contribution in [2.75, 3.05) is 0 Å². The lowest BCUT2D eigenvalue weighted by molar-refractivity contribution is 0.0946. The zero-order valence-electron chi connectivity index (χ0n) is 14.8. The smallest absolute Gasteiger partial charge is 0.166 e. The van der Waals surface area contributed by atoms with Crippen LogP contribution >= 0.6 is 0 Å². The Labute approximate surface area is 139 Å². The first-order valence-electron chi connectivity index (χ1n) is 8.69. The van der Waals surface area contributed by atoms with Gasteiger partial charge in [0.1, 0.15) is 0 Å². The Hall–Kier alpha value is -1.89. The monoisotopic (exact) mass is 306 g/mol. The van der Waals surface area contributed by atoms with Crippen LogP contribution in [-0.4, -0.2) is 5.78 Å². The van der Waals surface area contributed by atoms with Gasteiger partial charge in [-0.1, -0.05) is 71.0 Å². The van der Waals surface area contributed by atoms with E-state index in [0.29, 0.717) is 17.6 Å². The molecule has 1 unspecified atom stereocenters. The van der Waals surface area contributed by atoms with Crippen molar-refractivity contribution in [1.82, 2.24) is 0 Å². The molecule has 23 heavy (non-hydrogen) atoms. The Morgan fingerprint density at radius 3 is 2.04 bits per heavy atom. The van der Waals surface area contributed by atoms with Gasteiger partial charge < -0.3 is 0 Å². The molecule has 0 saturated heterocycles. The van der Waals surface area contributed by atoms with Crippen LogP contribution in [0.3, 0.4) is 0 Å². The van der Waals surface area contributed by atoms with Crippen LogP contribution < -0.4 is 0 Å². The van der Waals surface area contributed by atoms with E-state index < -0.39 is 0 Å². The molecule has 2 aromatic carbocycles. The molecule has 0 heterocycles. The molecule has 0 aromatic heterocycles. The Balaban J connectivity index is 2.19. The summed E-state index contributed by atoms with van der Waals surface area (Å²) in [7, 11) is 0. The lowest BCUT2D eigenvalue weighted by atomic mass is 9.89. The molecule has 1 aliphatic carbocycles. The van der Waals surface area contributed by atoms with Crippen LogP contribution in [0.25, 0.3) is 11.1 Å². The van der Waals surface area contributed by atoms with Gasteiger partial charge in [0.15, 0.2) is 5.78 Å². The standard InChI is InChI=1S/C22H26O/c1-13(2)16-10-17(14(3)4)12-18(11-16)19-7-6-8-20-21(19)9-15(5)22(20)23/h6-8,10-15H,9H2,1-5H3. The fourth-order valence-electron chi connectivity index (χ4n) is 3.47. The minimum atomic E-state index is 0.115. The Morgan fingerprint density at radius 2 is 1.48 bits per heavy atom. The van der Waals surface area contributed by atoms with Crippen molar-refractivity contribution in [1.29, 1.82) is 0 Å². The fourth-order valence-corrected chi connectivity index (χ4v) is 3.47. The van der Waals surface area contributed by atoms with E-state index in [9.17, 15) is 4.79 Å². The van der Waals surface area contributed by atoms with Crippen LogP contribution in [0.5, 0.6) is 0 Å². The number of fused-ring (bicyclic) bond motifs is 1. The molecule has 1 aliphatic rings. The number of benzene rings is 2.